The number of likely N-dealkylation sites (N-methyl/N-ethyl adjacent to an activating group) is 1. The van der Waals surface area contributed by atoms with E-state index in [0.717, 1.165) is 0 Å². The summed E-state index contributed by atoms with van der Waals surface area (Å²) in [6.07, 6.45) is -8.04. The summed E-state index contributed by atoms with van der Waals surface area (Å²) in [6, 6.07) is 1.31. The van der Waals surface area contributed by atoms with E-state index in [1.807, 2.05) is 0 Å². The normalized spacial score (nSPS) is 28.3. The smallest absolute Gasteiger partial charge is 0.416 e. The number of nitrogens with one attached hydrogen (secondary N) is 1. The van der Waals surface area contributed by atoms with Gasteiger partial charge in [-0.2, -0.15) is 26.3 Å². The van der Waals surface area contributed by atoms with Crippen molar-refractivity contribution in [2.24, 2.45) is 5.92 Å². The van der Waals surface area contributed by atoms with Crippen molar-refractivity contribution in [2.75, 3.05) is 13.6 Å². The molecule has 3 atom stereocenters. The molecule has 3 unspecified atom stereocenters. The van der Waals surface area contributed by atoms with Crippen molar-refractivity contribution in [3.05, 3.63) is 47.2 Å². The lowest BCUT2D eigenvalue weighted by molar-refractivity contribution is -0.143. The number of hydrogen-bond acceptors (Lipinski definition) is 3. The van der Waals surface area contributed by atoms with Crippen LogP contribution in [0.2, 0.25) is 0 Å². The molecule has 1 saturated heterocycles. The van der Waals surface area contributed by atoms with Gasteiger partial charge in [-0.05, 0) is 43.3 Å². The minimum atomic E-state index is -4.98. The number of cyclic esters (lactones) is 1. The number of rotatable bonds is 2. The minimum absolute atomic E-state index is 0.0617. The van der Waals surface area contributed by atoms with Crippen molar-refractivity contribution >= 4 is 6.09 Å². The molecule has 28 heavy (non-hydrogen) atoms. The summed E-state index contributed by atoms with van der Waals surface area (Å²) in [7, 11) is 1.43. The number of carbonyl (C=O) groups is 1. The first-order chi connectivity index (χ1) is 12.8. The molecular weight excluding hydrogens is 390 g/mol. The van der Waals surface area contributed by atoms with Crippen LogP contribution in [0.5, 0.6) is 0 Å². The van der Waals surface area contributed by atoms with Crippen LogP contribution in [0.25, 0.3) is 0 Å². The molecule has 0 bridgehead atoms. The molecule has 2 aliphatic heterocycles. The van der Waals surface area contributed by atoms with E-state index < -0.39 is 41.2 Å². The van der Waals surface area contributed by atoms with Crippen molar-refractivity contribution in [1.82, 2.24) is 10.2 Å². The molecule has 2 heterocycles. The predicted octanol–water partition coefficient (Wildman–Crippen LogP) is 4.73. The van der Waals surface area contributed by atoms with Gasteiger partial charge in [0.25, 0.3) is 0 Å². The molecule has 0 spiro atoms. The summed E-state index contributed by atoms with van der Waals surface area (Å²) in [5.74, 6) is -0.275. The van der Waals surface area contributed by atoms with Crippen LogP contribution in [0.15, 0.2) is 30.5 Å². The first kappa shape index (κ1) is 20.3. The molecule has 2 aliphatic rings. The number of ether oxygens (including phenoxy) is 1. The zero-order valence-corrected chi connectivity index (χ0v) is 15.0. The van der Waals surface area contributed by atoms with Crippen LogP contribution in [-0.4, -0.2) is 30.1 Å². The van der Waals surface area contributed by atoms with Crippen LogP contribution in [0.3, 0.4) is 0 Å². The van der Waals surface area contributed by atoms with Gasteiger partial charge in [0.1, 0.15) is 0 Å². The zero-order valence-electron chi connectivity index (χ0n) is 15.0. The molecule has 0 radical (unpaired) electrons. The van der Waals surface area contributed by atoms with Gasteiger partial charge in [0.05, 0.1) is 16.7 Å². The zero-order chi connectivity index (χ0) is 20.9. The summed E-state index contributed by atoms with van der Waals surface area (Å²) in [4.78, 5) is 13.4. The fraction of sp³-hybridized carbons (Fsp3) is 0.500. The molecule has 0 aliphatic carbocycles. The average Bonchev–Trinajstić information content (AvgIpc) is 2.86. The van der Waals surface area contributed by atoms with Crippen molar-refractivity contribution in [2.45, 2.75) is 37.3 Å². The molecule has 10 heteroatoms. The molecule has 1 amide bonds. The third kappa shape index (κ3) is 3.40. The Morgan fingerprint density at radius 3 is 2.14 bits per heavy atom. The molecule has 1 aromatic rings. The van der Waals surface area contributed by atoms with E-state index in [1.165, 1.54) is 11.9 Å². The molecule has 0 aromatic heterocycles. The lowest BCUT2D eigenvalue weighted by Gasteiger charge is -2.42. The second-order valence-electron chi connectivity index (χ2n) is 7.13. The van der Waals surface area contributed by atoms with E-state index in [4.69, 9.17) is 4.74 Å². The summed E-state index contributed by atoms with van der Waals surface area (Å²) in [6.45, 7) is 2.01. The number of alkyl halides is 6. The third-order valence-electron chi connectivity index (χ3n) is 5.51. The molecule has 154 valence electrons. The number of amides is 1. The lowest BCUT2D eigenvalue weighted by Crippen LogP contribution is -2.52. The molecule has 4 nitrogen and oxygen atoms in total. The Morgan fingerprint density at radius 1 is 1.11 bits per heavy atom. The van der Waals surface area contributed by atoms with Crippen LogP contribution in [-0.2, 0) is 17.1 Å². The number of carbonyl (C=O) groups excluding carboxylic acids is 1. The van der Waals surface area contributed by atoms with Gasteiger partial charge in [-0.1, -0.05) is 6.08 Å². The third-order valence-corrected chi connectivity index (χ3v) is 5.51. The van der Waals surface area contributed by atoms with E-state index >= 15 is 0 Å². The van der Waals surface area contributed by atoms with E-state index in [-0.39, 0.29) is 17.5 Å². The number of hydrogen-bond donors (Lipinski definition) is 1. The van der Waals surface area contributed by atoms with Gasteiger partial charge in [-0.3, -0.25) is 0 Å². The second-order valence-corrected chi connectivity index (χ2v) is 7.13. The van der Waals surface area contributed by atoms with Gasteiger partial charge in [-0.15, -0.1) is 0 Å². The summed E-state index contributed by atoms with van der Waals surface area (Å²) >= 11 is 0. The van der Waals surface area contributed by atoms with E-state index in [9.17, 15) is 31.1 Å². The van der Waals surface area contributed by atoms with Gasteiger partial charge < -0.3 is 15.0 Å². The highest BCUT2D eigenvalue weighted by Gasteiger charge is 2.55. The molecule has 1 aromatic carbocycles. The maximum Gasteiger partial charge on any atom is 0.416 e. The average molecular weight is 408 g/mol. The van der Waals surface area contributed by atoms with Crippen LogP contribution in [0, 0.1) is 5.92 Å². The van der Waals surface area contributed by atoms with Crippen LogP contribution in [0.1, 0.15) is 36.1 Å². The largest absolute Gasteiger partial charge is 0.439 e. The van der Waals surface area contributed by atoms with Gasteiger partial charge in [0.15, 0.2) is 6.10 Å². The van der Waals surface area contributed by atoms with E-state index in [2.05, 4.69) is 5.32 Å². The Hall–Kier alpha value is -2.39. The topological polar surface area (TPSA) is 41.6 Å². The highest BCUT2D eigenvalue weighted by atomic mass is 19.4. The number of halogens is 6. The molecule has 1 N–H and O–H groups in total. The Morgan fingerprint density at radius 2 is 1.68 bits per heavy atom. The predicted molar refractivity (Wildman–Crippen MR) is 87.1 cm³/mol. The quantitative estimate of drug-likeness (QED) is 0.720. The maximum atomic E-state index is 13.2. The lowest BCUT2D eigenvalue weighted by atomic mass is 9.75. The monoisotopic (exact) mass is 408 g/mol. The summed E-state index contributed by atoms with van der Waals surface area (Å²) < 4.78 is 84.6. The van der Waals surface area contributed by atoms with Crippen molar-refractivity contribution in [1.29, 1.82) is 0 Å². The van der Waals surface area contributed by atoms with Crippen LogP contribution in [0.4, 0.5) is 31.1 Å². The van der Waals surface area contributed by atoms with Crippen molar-refractivity contribution in [3.63, 3.8) is 0 Å². The highest BCUT2D eigenvalue weighted by molar-refractivity contribution is 5.72. The Kier molecular flexibility index (Phi) is 4.79. The van der Waals surface area contributed by atoms with Crippen molar-refractivity contribution < 1.29 is 35.9 Å². The van der Waals surface area contributed by atoms with Gasteiger partial charge in [-0.25, -0.2) is 4.79 Å². The van der Waals surface area contributed by atoms with Gasteiger partial charge in [0, 0.05) is 19.5 Å². The SMILES string of the molecule is CN1C(=O)OC(c2cc(C(F)(F)F)cc(C(F)(F)F)c2)C1(C)C1CC=CNC1. The number of allylic oxidation sites excluding steroid dienone is 1. The van der Waals surface area contributed by atoms with Gasteiger partial charge in [0.2, 0.25) is 0 Å². The van der Waals surface area contributed by atoms with Crippen LogP contribution >= 0.6 is 0 Å². The fourth-order valence-electron chi connectivity index (χ4n) is 3.75. The minimum Gasteiger partial charge on any atom is -0.439 e. The molecule has 3 rings (SSSR count). The van der Waals surface area contributed by atoms with E-state index in [1.54, 1.807) is 19.2 Å². The molecule has 1 fully saturated rings. The Balaban J connectivity index is 2.14. The summed E-state index contributed by atoms with van der Waals surface area (Å²) in [5, 5.41) is 2.98. The first-order valence-electron chi connectivity index (χ1n) is 8.47. The highest BCUT2D eigenvalue weighted by Crippen LogP contribution is 2.48. The van der Waals surface area contributed by atoms with Gasteiger partial charge >= 0.3 is 18.4 Å². The first-order valence-corrected chi connectivity index (χ1v) is 8.47. The van der Waals surface area contributed by atoms with E-state index in [0.29, 0.717) is 25.1 Å². The fourth-order valence-corrected chi connectivity index (χ4v) is 3.75. The standard InChI is InChI=1S/C18H18F6N2O2/c1-16(11-4-3-5-25-9-11)14(28-15(27)26(16)2)10-6-12(17(19,20)21)8-13(7-10)18(22,23)24/h3,5-8,11,14,25H,4,9H2,1-2H3. The second kappa shape index (κ2) is 6.59. The van der Waals surface area contributed by atoms with Crippen LogP contribution < -0.4 is 5.32 Å². The Bertz CT molecular complexity index is 772. The maximum absolute atomic E-state index is 13.2. The number of nitrogens with zero attached hydrogens (tertiary/aromatic N) is 1. The Labute approximate surface area is 157 Å². The van der Waals surface area contributed by atoms with Crippen molar-refractivity contribution in [3.8, 4) is 0 Å². The summed E-state index contributed by atoms with van der Waals surface area (Å²) in [5.41, 5.74) is -4.35. The number of benzene rings is 1. The molecular formula is C18H18F6N2O2. The molecule has 0 saturated carbocycles.